The van der Waals surface area contributed by atoms with Crippen molar-refractivity contribution < 1.29 is 19.1 Å². The molecular weight excluding hydrogens is 396 g/mol. The number of amides is 2. The summed E-state index contributed by atoms with van der Waals surface area (Å²) in [6.07, 6.45) is 0. The van der Waals surface area contributed by atoms with Crippen LogP contribution in [0.25, 0.3) is 0 Å². The Bertz CT molecular complexity index is 847. The molecule has 0 unspecified atom stereocenters. The molecule has 2 N–H and O–H groups in total. The van der Waals surface area contributed by atoms with E-state index < -0.39 is 0 Å². The molecule has 2 aromatic rings. The lowest BCUT2D eigenvalue weighted by molar-refractivity contribution is -0.117. The van der Waals surface area contributed by atoms with Gasteiger partial charge in [-0.2, -0.15) is 0 Å². The summed E-state index contributed by atoms with van der Waals surface area (Å²) in [6.45, 7) is 5.31. The first kappa shape index (κ1) is 22.6. The van der Waals surface area contributed by atoms with Crippen molar-refractivity contribution in [3.05, 3.63) is 54.1 Å². The van der Waals surface area contributed by atoms with Crippen LogP contribution in [0.2, 0.25) is 0 Å². The summed E-state index contributed by atoms with van der Waals surface area (Å²) in [4.78, 5) is 28.4. The maximum atomic E-state index is 12.3. The van der Waals surface area contributed by atoms with Crippen LogP contribution in [-0.4, -0.2) is 81.6 Å². The second-order valence-corrected chi connectivity index (χ2v) is 7.35. The Kier molecular flexibility index (Phi) is 8.26. The number of methoxy groups -OCH3 is 1. The molecule has 31 heavy (non-hydrogen) atoms. The molecular formula is C23H30N4O4. The highest BCUT2D eigenvalue weighted by molar-refractivity contribution is 5.96. The highest BCUT2D eigenvalue weighted by Gasteiger charge is 2.19. The van der Waals surface area contributed by atoms with E-state index in [9.17, 15) is 9.59 Å². The van der Waals surface area contributed by atoms with E-state index in [1.807, 2.05) is 24.3 Å². The Morgan fingerprint density at radius 3 is 2.13 bits per heavy atom. The van der Waals surface area contributed by atoms with Crippen molar-refractivity contribution in [1.82, 2.24) is 15.1 Å². The Labute approximate surface area is 183 Å². The third kappa shape index (κ3) is 6.97. The Balaban J connectivity index is 1.33. The number of hydrogen-bond acceptors (Lipinski definition) is 6. The molecule has 0 spiro atoms. The average molecular weight is 427 g/mol. The lowest BCUT2D eigenvalue weighted by atomic mass is 10.2. The van der Waals surface area contributed by atoms with Crippen LogP contribution in [-0.2, 0) is 4.79 Å². The molecule has 166 valence electrons. The van der Waals surface area contributed by atoms with Crippen LogP contribution in [0, 0.1) is 0 Å². The molecule has 2 aromatic carbocycles. The summed E-state index contributed by atoms with van der Waals surface area (Å²) >= 11 is 0. The van der Waals surface area contributed by atoms with Crippen molar-refractivity contribution in [2.45, 2.75) is 0 Å². The van der Waals surface area contributed by atoms with Gasteiger partial charge in [0.2, 0.25) is 5.91 Å². The predicted molar refractivity (Wildman–Crippen MR) is 120 cm³/mol. The predicted octanol–water partition coefficient (Wildman–Crippen LogP) is 1.69. The highest BCUT2D eigenvalue weighted by atomic mass is 16.5. The first-order valence-corrected chi connectivity index (χ1v) is 10.4. The van der Waals surface area contributed by atoms with E-state index >= 15 is 0 Å². The number of ether oxygens (including phenoxy) is 2. The topological polar surface area (TPSA) is 83.1 Å². The molecule has 0 atom stereocenters. The van der Waals surface area contributed by atoms with Crippen molar-refractivity contribution in [2.75, 3.05) is 65.3 Å². The van der Waals surface area contributed by atoms with E-state index in [2.05, 4.69) is 20.4 Å². The number of carbonyl (C=O) groups excluding carboxylic acids is 2. The first-order valence-electron chi connectivity index (χ1n) is 10.4. The monoisotopic (exact) mass is 426 g/mol. The van der Waals surface area contributed by atoms with Gasteiger partial charge in [0.25, 0.3) is 5.91 Å². The van der Waals surface area contributed by atoms with Gasteiger partial charge in [0.15, 0.2) is 0 Å². The number of rotatable bonds is 9. The molecule has 0 aromatic heterocycles. The molecule has 2 amide bonds. The number of anilines is 1. The molecule has 0 aliphatic carbocycles. The molecule has 0 bridgehead atoms. The lowest BCUT2D eigenvalue weighted by Gasteiger charge is -2.34. The van der Waals surface area contributed by atoms with Crippen LogP contribution in [0.15, 0.2) is 48.5 Å². The van der Waals surface area contributed by atoms with Gasteiger partial charge in [-0.15, -0.1) is 0 Å². The molecule has 8 nitrogen and oxygen atoms in total. The van der Waals surface area contributed by atoms with E-state index in [1.54, 1.807) is 38.4 Å². The summed E-state index contributed by atoms with van der Waals surface area (Å²) in [7, 11) is 3.23. The maximum absolute atomic E-state index is 12.3. The molecule has 0 saturated carbocycles. The van der Waals surface area contributed by atoms with E-state index in [4.69, 9.17) is 9.47 Å². The van der Waals surface area contributed by atoms with Gasteiger partial charge in [0.1, 0.15) is 18.1 Å². The minimum Gasteiger partial charge on any atom is -0.497 e. The van der Waals surface area contributed by atoms with Crippen molar-refractivity contribution in [2.24, 2.45) is 0 Å². The Hall–Kier alpha value is -3.10. The van der Waals surface area contributed by atoms with Gasteiger partial charge in [-0.1, -0.05) is 0 Å². The molecule has 8 heteroatoms. The smallest absolute Gasteiger partial charge is 0.251 e. The second-order valence-electron chi connectivity index (χ2n) is 7.35. The number of hydrogen-bond donors (Lipinski definition) is 2. The molecule has 1 fully saturated rings. The number of carbonyl (C=O) groups is 2. The number of nitrogens with one attached hydrogen (secondary N) is 2. The molecule has 3 rings (SSSR count). The summed E-state index contributed by atoms with van der Waals surface area (Å²) in [5.41, 5.74) is 1.25. The van der Waals surface area contributed by atoms with Crippen molar-refractivity contribution in [3.8, 4) is 11.5 Å². The molecule has 1 aliphatic heterocycles. The molecule has 1 aliphatic rings. The number of benzene rings is 2. The normalized spacial score (nSPS) is 14.6. The van der Waals surface area contributed by atoms with Crippen molar-refractivity contribution in [1.29, 1.82) is 0 Å². The van der Waals surface area contributed by atoms with Crippen LogP contribution in [0.1, 0.15) is 10.4 Å². The quantitative estimate of drug-likeness (QED) is 0.635. The van der Waals surface area contributed by atoms with Crippen LogP contribution in [0.4, 0.5) is 5.69 Å². The van der Waals surface area contributed by atoms with Gasteiger partial charge in [-0.05, 0) is 48.5 Å². The standard InChI is InChI=1S/C23H30N4O4/c1-24-23(29)18-3-5-19(6-4-18)25-22(28)17-27-13-11-26(12-14-27)15-16-31-21-9-7-20(30-2)8-10-21/h3-10H,11-17H2,1-2H3,(H,24,29)(H,25,28). The van der Waals surface area contributed by atoms with Crippen LogP contribution >= 0.6 is 0 Å². The van der Waals surface area contributed by atoms with Crippen molar-refractivity contribution >= 4 is 17.5 Å². The van der Waals surface area contributed by atoms with Gasteiger partial charge in [0, 0.05) is 51.0 Å². The average Bonchev–Trinajstić information content (AvgIpc) is 2.80. The van der Waals surface area contributed by atoms with Gasteiger partial charge < -0.3 is 20.1 Å². The lowest BCUT2D eigenvalue weighted by Crippen LogP contribution is -2.49. The van der Waals surface area contributed by atoms with E-state index in [-0.39, 0.29) is 11.8 Å². The Morgan fingerprint density at radius 1 is 0.903 bits per heavy atom. The van der Waals surface area contributed by atoms with Crippen molar-refractivity contribution in [3.63, 3.8) is 0 Å². The fraction of sp³-hybridized carbons (Fsp3) is 0.391. The summed E-state index contributed by atoms with van der Waals surface area (Å²) in [5, 5.41) is 5.47. The van der Waals surface area contributed by atoms with Gasteiger partial charge in [-0.25, -0.2) is 0 Å². The summed E-state index contributed by atoms with van der Waals surface area (Å²) in [5.74, 6) is 1.45. The zero-order valence-corrected chi connectivity index (χ0v) is 18.1. The first-order chi connectivity index (χ1) is 15.1. The summed E-state index contributed by atoms with van der Waals surface area (Å²) in [6, 6.07) is 14.4. The third-order valence-electron chi connectivity index (χ3n) is 5.23. The fourth-order valence-corrected chi connectivity index (χ4v) is 3.39. The second kappa shape index (κ2) is 11.3. The van der Waals surface area contributed by atoms with Crippen LogP contribution in [0.3, 0.4) is 0 Å². The number of piperazine rings is 1. The van der Waals surface area contributed by atoms with Crippen LogP contribution in [0.5, 0.6) is 11.5 Å². The fourth-order valence-electron chi connectivity index (χ4n) is 3.39. The summed E-state index contributed by atoms with van der Waals surface area (Å²) < 4.78 is 10.9. The minimum absolute atomic E-state index is 0.0519. The zero-order valence-electron chi connectivity index (χ0n) is 18.1. The zero-order chi connectivity index (χ0) is 22.1. The van der Waals surface area contributed by atoms with Crippen LogP contribution < -0.4 is 20.1 Å². The molecule has 1 saturated heterocycles. The van der Waals surface area contributed by atoms with Gasteiger partial charge >= 0.3 is 0 Å². The van der Waals surface area contributed by atoms with Gasteiger partial charge in [-0.3, -0.25) is 19.4 Å². The minimum atomic E-state index is -0.148. The maximum Gasteiger partial charge on any atom is 0.251 e. The highest BCUT2D eigenvalue weighted by Crippen LogP contribution is 2.17. The van der Waals surface area contributed by atoms with E-state index in [0.717, 1.165) is 44.2 Å². The van der Waals surface area contributed by atoms with Gasteiger partial charge in [0.05, 0.1) is 13.7 Å². The van der Waals surface area contributed by atoms with E-state index in [1.165, 1.54) is 0 Å². The largest absolute Gasteiger partial charge is 0.497 e. The van der Waals surface area contributed by atoms with E-state index in [0.29, 0.717) is 24.4 Å². The number of nitrogens with zero attached hydrogens (tertiary/aromatic N) is 2. The third-order valence-corrected chi connectivity index (χ3v) is 5.23. The molecule has 0 radical (unpaired) electrons. The molecule has 1 heterocycles. The SMILES string of the molecule is CNC(=O)c1ccc(NC(=O)CN2CCN(CCOc3ccc(OC)cc3)CC2)cc1. The Morgan fingerprint density at radius 2 is 1.52 bits per heavy atom.